The maximum Gasteiger partial charge on any atom is 0.449 e. The maximum absolute atomic E-state index is 13.5. The molecule has 0 N–H and O–H groups in total. The lowest BCUT2D eigenvalue weighted by atomic mass is 10.3. The van der Waals surface area contributed by atoms with Crippen LogP contribution in [0.25, 0.3) is 16.7 Å². The van der Waals surface area contributed by atoms with Crippen molar-refractivity contribution < 1.29 is 22.3 Å². The highest BCUT2D eigenvalue weighted by Crippen LogP contribution is 2.32. The molecule has 0 fully saturated rings. The summed E-state index contributed by atoms with van der Waals surface area (Å²) in [4.78, 5) is 3.72. The lowest BCUT2D eigenvalue weighted by Gasteiger charge is -2.09. The van der Waals surface area contributed by atoms with E-state index in [0.717, 1.165) is 16.0 Å². The minimum Gasteiger partial charge on any atom is -0.494 e. The highest BCUT2D eigenvalue weighted by Gasteiger charge is 2.38. The van der Waals surface area contributed by atoms with Crippen molar-refractivity contribution in [2.45, 2.75) is 30.6 Å². The smallest absolute Gasteiger partial charge is 0.449 e. The van der Waals surface area contributed by atoms with Crippen molar-refractivity contribution in [3.63, 3.8) is 0 Å². The van der Waals surface area contributed by atoms with Gasteiger partial charge in [0.1, 0.15) is 12.3 Å². The van der Waals surface area contributed by atoms with Crippen molar-refractivity contribution in [3.8, 4) is 11.4 Å². The quantitative estimate of drug-likeness (QED) is 0.281. The van der Waals surface area contributed by atoms with Gasteiger partial charge in [-0.3, -0.25) is 0 Å². The van der Waals surface area contributed by atoms with Crippen LogP contribution in [0.1, 0.15) is 24.3 Å². The molecule has 0 bridgehead atoms. The van der Waals surface area contributed by atoms with E-state index in [1.807, 2.05) is 31.2 Å². The van der Waals surface area contributed by atoms with Crippen LogP contribution in [0.3, 0.4) is 0 Å². The number of hydrogen-bond donors (Lipinski definition) is 0. The Hall–Kier alpha value is -3.87. The van der Waals surface area contributed by atoms with Crippen LogP contribution in [0.4, 0.5) is 13.2 Å². The van der Waals surface area contributed by atoms with E-state index in [4.69, 9.17) is 9.15 Å². The Morgan fingerprint density at radius 2 is 1.83 bits per heavy atom. The third-order valence-electron chi connectivity index (χ3n) is 4.95. The molecule has 0 saturated heterocycles. The highest BCUT2D eigenvalue weighted by atomic mass is 32.2. The topological polar surface area (TPSA) is 96.7 Å². The van der Waals surface area contributed by atoms with Crippen LogP contribution in [0.2, 0.25) is 0 Å². The number of para-hydroxylation sites is 2. The Balaban J connectivity index is 1.26. The lowest BCUT2D eigenvalue weighted by Crippen LogP contribution is -2.15. The third kappa shape index (κ3) is 4.99. The maximum atomic E-state index is 13.5. The summed E-state index contributed by atoms with van der Waals surface area (Å²) in [5, 5.41) is 16.3. The average Bonchev–Trinajstić information content (AvgIpc) is 3.58. The Morgan fingerprint density at radius 3 is 2.60 bits per heavy atom. The molecule has 0 aliphatic heterocycles. The van der Waals surface area contributed by atoms with E-state index < -0.39 is 12.0 Å². The van der Waals surface area contributed by atoms with Crippen molar-refractivity contribution in [2.75, 3.05) is 6.61 Å². The molecule has 3 heterocycles. The van der Waals surface area contributed by atoms with Crippen molar-refractivity contribution in [1.29, 1.82) is 0 Å². The molecular weight excluding hydrogens is 483 g/mol. The van der Waals surface area contributed by atoms with Gasteiger partial charge in [-0.25, -0.2) is 9.67 Å². The van der Waals surface area contributed by atoms with E-state index in [1.165, 1.54) is 17.8 Å². The Labute approximate surface area is 200 Å². The minimum absolute atomic E-state index is 0.0409. The van der Waals surface area contributed by atoms with Crippen molar-refractivity contribution in [2.24, 2.45) is 0 Å². The van der Waals surface area contributed by atoms with Gasteiger partial charge in [0, 0.05) is 5.75 Å². The summed E-state index contributed by atoms with van der Waals surface area (Å²) in [6, 6.07) is 13.8. The van der Waals surface area contributed by atoms with Gasteiger partial charge in [-0.15, -0.1) is 15.3 Å². The number of thioether (sulfide) groups is 1. The molecule has 9 nitrogen and oxygen atoms in total. The van der Waals surface area contributed by atoms with E-state index in [-0.39, 0.29) is 23.2 Å². The van der Waals surface area contributed by atoms with Crippen LogP contribution in [0.15, 0.2) is 64.4 Å². The second-order valence-electron chi connectivity index (χ2n) is 7.34. The Bertz CT molecular complexity index is 1440. The zero-order chi connectivity index (χ0) is 24.4. The number of ether oxygens (including phenoxy) is 1. The summed E-state index contributed by atoms with van der Waals surface area (Å²) in [6.45, 7) is 2.25. The summed E-state index contributed by atoms with van der Waals surface area (Å²) in [5.74, 6) is 0.182. The summed E-state index contributed by atoms with van der Waals surface area (Å²) >= 11 is 1.21. The van der Waals surface area contributed by atoms with Crippen LogP contribution in [-0.4, -0.2) is 41.3 Å². The van der Waals surface area contributed by atoms with Crippen LogP contribution in [-0.2, 0) is 18.5 Å². The summed E-state index contributed by atoms with van der Waals surface area (Å²) in [7, 11) is 0. The van der Waals surface area contributed by atoms with Gasteiger partial charge in [0.05, 0.1) is 35.2 Å². The first kappa shape index (κ1) is 22.9. The van der Waals surface area contributed by atoms with E-state index in [1.54, 1.807) is 29.1 Å². The lowest BCUT2D eigenvalue weighted by molar-refractivity contribution is -0.146. The zero-order valence-corrected chi connectivity index (χ0v) is 19.1. The number of alkyl halides is 3. The molecule has 180 valence electrons. The molecule has 0 spiro atoms. The van der Waals surface area contributed by atoms with Crippen LogP contribution in [0, 0.1) is 0 Å². The van der Waals surface area contributed by atoms with Crippen molar-refractivity contribution in [1.82, 2.24) is 34.7 Å². The fourth-order valence-electron chi connectivity index (χ4n) is 3.44. The average molecular weight is 501 g/mol. The van der Waals surface area contributed by atoms with Gasteiger partial charge in [-0.2, -0.15) is 13.2 Å². The van der Waals surface area contributed by atoms with Gasteiger partial charge in [-0.1, -0.05) is 29.1 Å². The number of fused-ring (bicyclic) bond motifs is 1. The Kier molecular flexibility index (Phi) is 6.16. The summed E-state index contributed by atoms with van der Waals surface area (Å²) in [6.07, 6.45) is -2.85. The molecule has 35 heavy (non-hydrogen) atoms. The minimum atomic E-state index is -4.62. The fourth-order valence-corrected chi connectivity index (χ4v) is 4.09. The Morgan fingerprint density at radius 1 is 1.03 bits per heavy atom. The summed E-state index contributed by atoms with van der Waals surface area (Å²) in [5.41, 5.74) is 2.07. The van der Waals surface area contributed by atoms with Crippen LogP contribution >= 0.6 is 11.8 Å². The van der Waals surface area contributed by atoms with Gasteiger partial charge < -0.3 is 13.7 Å². The van der Waals surface area contributed by atoms with E-state index in [0.29, 0.717) is 23.6 Å². The number of hydrogen-bond acceptors (Lipinski definition) is 8. The molecule has 0 aliphatic carbocycles. The predicted octanol–water partition coefficient (Wildman–Crippen LogP) is 4.76. The number of benzene rings is 2. The molecule has 5 rings (SSSR count). The number of rotatable bonds is 8. The van der Waals surface area contributed by atoms with E-state index in [9.17, 15) is 13.2 Å². The summed E-state index contributed by atoms with van der Waals surface area (Å²) < 4.78 is 54.2. The van der Waals surface area contributed by atoms with Gasteiger partial charge in [0.15, 0.2) is 0 Å². The first-order valence-corrected chi connectivity index (χ1v) is 11.5. The second-order valence-corrected chi connectivity index (χ2v) is 8.27. The molecule has 0 unspecified atom stereocenters. The highest BCUT2D eigenvalue weighted by molar-refractivity contribution is 7.98. The first-order valence-electron chi connectivity index (χ1n) is 10.5. The molecule has 13 heteroatoms. The fraction of sp³-hybridized carbons (Fsp3) is 0.227. The van der Waals surface area contributed by atoms with Crippen LogP contribution in [0.5, 0.6) is 5.75 Å². The molecule has 5 aromatic rings. The third-order valence-corrected chi connectivity index (χ3v) is 5.80. The monoisotopic (exact) mass is 501 g/mol. The first-order chi connectivity index (χ1) is 16.9. The van der Waals surface area contributed by atoms with Gasteiger partial charge in [0.25, 0.3) is 5.22 Å². The molecule has 2 aromatic carbocycles. The number of imidazole rings is 1. The van der Waals surface area contributed by atoms with Gasteiger partial charge in [0.2, 0.25) is 11.7 Å². The van der Waals surface area contributed by atoms with Crippen LogP contribution < -0.4 is 4.74 Å². The SMILES string of the molecule is CCOc1ccc(-n2cc(CSc3nnc(Cn4c(C(F)(F)F)nc5ccccc54)o3)nn2)cc1. The largest absolute Gasteiger partial charge is 0.494 e. The van der Waals surface area contributed by atoms with E-state index >= 15 is 0 Å². The normalized spacial score (nSPS) is 11.9. The molecule has 0 radical (unpaired) electrons. The molecule has 3 aromatic heterocycles. The molecule has 0 atom stereocenters. The van der Waals surface area contributed by atoms with E-state index in [2.05, 4.69) is 25.5 Å². The standard InChI is InChI=1S/C22H18F3N7O2S/c1-2-33-16-9-7-15(8-10-16)32-11-14(27-30-32)13-35-21-29-28-19(34-21)12-31-18-6-4-3-5-17(18)26-20(31)22(23,24)25/h3-11H,2,12-13H2,1H3. The predicted molar refractivity (Wildman–Crippen MR) is 120 cm³/mol. The van der Waals surface area contributed by atoms with Gasteiger partial charge in [-0.05, 0) is 43.3 Å². The molecule has 0 saturated carbocycles. The molecule has 0 amide bonds. The molecule has 0 aliphatic rings. The van der Waals surface area contributed by atoms with Gasteiger partial charge >= 0.3 is 6.18 Å². The number of aromatic nitrogens is 7. The number of nitrogens with zero attached hydrogens (tertiary/aromatic N) is 7. The molecular formula is C22H18F3N7O2S. The zero-order valence-electron chi connectivity index (χ0n) is 18.3. The number of halogens is 3. The van der Waals surface area contributed by atoms with Crippen molar-refractivity contribution in [3.05, 3.63) is 72.1 Å². The van der Waals surface area contributed by atoms with Crippen molar-refractivity contribution >= 4 is 22.8 Å². The second kappa shape index (κ2) is 9.41.